The van der Waals surface area contributed by atoms with Crippen LogP contribution in [-0.4, -0.2) is 5.97 Å². The minimum Gasteiger partial charge on any atom is -0.425 e. The third-order valence-corrected chi connectivity index (χ3v) is 1.40. The Morgan fingerprint density at radius 2 is 1.85 bits per heavy atom. The minimum atomic E-state index is -0.363. The summed E-state index contributed by atoms with van der Waals surface area (Å²) < 4.78 is 4.77. The smallest absolute Gasteiger partial charge is 0.308 e. The number of ether oxygens (including phenoxy) is 1. The lowest BCUT2D eigenvalue weighted by Crippen LogP contribution is -2.01. The molecule has 0 heterocycles. The summed E-state index contributed by atoms with van der Waals surface area (Å²) in [6.07, 6.45) is 0. The summed E-state index contributed by atoms with van der Waals surface area (Å²) >= 11 is 5.69. The highest BCUT2D eigenvalue weighted by atomic mass is 35.5. The summed E-state index contributed by atoms with van der Waals surface area (Å²) in [7, 11) is 0. The van der Waals surface area contributed by atoms with Crippen molar-refractivity contribution in [1.82, 2.24) is 0 Å². The first kappa shape index (κ1) is 12.0. The van der Waals surface area contributed by atoms with Gasteiger partial charge in [-0.25, -0.2) is 0 Å². The van der Waals surface area contributed by atoms with Crippen LogP contribution in [0.2, 0.25) is 5.02 Å². The first-order valence-corrected chi connectivity index (χ1v) is 4.51. The number of hydrogen-bond donors (Lipinski definition) is 0. The summed E-state index contributed by atoms with van der Waals surface area (Å²) in [5.41, 5.74) is 0. The van der Waals surface area contributed by atoms with Gasteiger partial charge in [-0.3, -0.25) is 4.79 Å². The van der Waals surface area contributed by atoms with Crippen LogP contribution in [0.15, 0.2) is 24.3 Å². The topological polar surface area (TPSA) is 26.3 Å². The van der Waals surface area contributed by atoms with Crippen LogP contribution in [0.4, 0.5) is 0 Å². The second-order valence-corrected chi connectivity index (χ2v) is 2.43. The summed E-state index contributed by atoms with van der Waals surface area (Å²) in [6, 6.07) is 6.84. The van der Waals surface area contributed by atoms with E-state index < -0.39 is 0 Å². The van der Waals surface area contributed by atoms with Crippen molar-refractivity contribution in [2.75, 3.05) is 0 Å². The van der Waals surface area contributed by atoms with E-state index in [1.54, 1.807) is 24.3 Å². The monoisotopic (exact) mass is 200 g/mol. The maximum atomic E-state index is 10.5. The molecule has 1 aromatic carbocycles. The molecule has 1 aromatic rings. The van der Waals surface area contributed by atoms with Crippen molar-refractivity contribution in [2.24, 2.45) is 0 Å². The molecule has 0 atom stereocenters. The molecule has 0 spiro atoms. The van der Waals surface area contributed by atoms with E-state index in [1.807, 2.05) is 13.8 Å². The van der Waals surface area contributed by atoms with Gasteiger partial charge in [0.25, 0.3) is 0 Å². The quantitative estimate of drug-likeness (QED) is 0.514. The standard InChI is InChI=1S/C8H7ClO2.C2H6/c1-6(10)11-8-5-3-2-4-7(8)9;1-2/h2-5H,1H3;1-2H3. The Bertz CT molecular complexity index is 271. The minimum absolute atomic E-state index is 0.363. The average molecular weight is 201 g/mol. The molecule has 0 amide bonds. The lowest BCUT2D eigenvalue weighted by molar-refractivity contribution is -0.131. The maximum absolute atomic E-state index is 10.5. The number of carbonyl (C=O) groups is 1. The van der Waals surface area contributed by atoms with Gasteiger partial charge in [0, 0.05) is 6.92 Å². The van der Waals surface area contributed by atoms with E-state index in [0.717, 1.165) is 0 Å². The Kier molecular flexibility index (Phi) is 5.98. The summed E-state index contributed by atoms with van der Waals surface area (Å²) in [5.74, 6) is 0.0415. The highest BCUT2D eigenvalue weighted by Gasteiger charge is 2.00. The van der Waals surface area contributed by atoms with E-state index in [-0.39, 0.29) is 5.97 Å². The number of carbonyl (C=O) groups excluding carboxylic acids is 1. The predicted molar refractivity (Wildman–Crippen MR) is 54.1 cm³/mol. The van der Waals surface area contributed by atoms with Crippen LogP contribution in [0.1, 0.15) is 20.8 Å². The summed E-state index contributed by atoms with van der Waals surface area (Å²) in [6.45, 7) is 5.34. The van der Waals surface area contributed by atoms with Gasteiger partial charge in [0.15, 0.2) is 0 Å². The Morgan fingerprint density at radius 3 is 2.31 bits per heavy atom. The van der Waals surface area contributed by atoms with Gasteiger partial charge in [-0.2, -0.15) is 0 Å². The Morgan fingerprint density at radius 1 is 1.31 bits per heavy atom. The molecule has 0 radical (unpaired) electrons. The first-order chi connectivity index (χ1) is 6.20. The van der Waals surface area contributed by atoms with Gasteiger partial charge in [-0.15, -0.1) is 0 Å². The number of esters is 1. The Labute approximate surface area is 83.5 Å². The van der Waals surface area contributed by atoms with Crippen LogP contribution >= 0.6 is 11.6 Å². The Balaban J connectivity index is 0.000000671. The molecule has 2 nitrogen and oxygen atoms in total. The zero-order valence-corrected chi connectivity index (χ0v) is 8.76. The molecule has 72 valence electrons. The maximum Gasteiger partial charge on any atom is 0.308 e. The third-order valence-electron chi connectivity index (χ3n) is 1.09. The lowest BCUT2D eigenvalue weighted by Gasteiger charge is -2.01. The molecule has 0 N–H and O–H groups in total. The molecule has 0 aliphatic carbocycles. The number of hydrogen-bond acceptors (Lipinski definition) is 2. The van der Waals surface area contributed by atoms with Gasteiger partial charge in [-0.05, 0) is 12.1 Å². The molecule has 0 aliphatic heterocycles. The SMILES string of the molecule is CC.CC(=O)Oc1ccccc1Cl. The van der Waals surface area contributed by atoms with Gasteiger partial charge in [-0.1, -0.05) is 37.6 Å². The molecular formula is C10H13ClO2. The molecule has 0 aromatic heterocycles. The van der Waals surface area contributed by atoms with Crippen molar-refractivity contribution in [3.63, 3.8) is 0 Å². The van der Waals surface area contributed by atoms with Gasteiger partial charge < -0.3 is 4.74 Å². The van der Waals surface area contributed by atoms with Crippen molar-refractivity contribution >= 4 is 17.6 Å². The van der Waals surface area contributed by atoms with Crippen molar-refractivity contribution in [3.8, 4) is 5.75 Å². The fraction of sp³-hybridized carbons (Fsp3) is 0.300. The van der Waals surface area contributed by atoms with Crippen LogP contribution in [0.3, 0.4) is 0 Å². The van der Waals surface area contributed by atoms with E-state index in [9.17, 15) is 4.79 Å². The van der Waals surface area contributed by atoms with E-state index in [1.165, 1.54) is 6.92 Å². The second-order valence-electron chi connectivity index (χ2n) is 2.02. The average Bonchev–Trinajstić information content (AvgIpc) is 2.12. The second kappa shape index (κ2) is 6.49. The molecule has 3 heteroatoms. The zero-order valence-electron chi connectivity index (χ0n) is 8.00. The Hall–Kier alpha value is -1.02. The van der Waals surface area contributed by atoms with Crippen LogP contribution < -0.4 is 4.74 Å². The normalized spacial score (nSPS) is 8.31. The highest BCUT2D eigenvalue weighted by Crippen LogP contribution is 2.22. The van der Waals surface area contributed by atoms with Crippen molar-refractivity contribution < 1.29 is 9.53 Å². The lowest BCUT2D eigenvalue weighted by atomic mass is 10.3. The number of rotatable bonds is 1. The first-order valence-electron chi connectivity index (χ1n) is 4.13. The van der Waals surface area contributed by atoms with Crippen LogP contribution in [0, 0.1) is 0 Å². The number of benzene rings is 1. The molecule has 0 aliphatic rings. The van der Waals surface area contributed by atoms with E-state index in [4.69, 9.17) is 16.3 Å². The highest BCUT2D eigenvalue weighted by molar-refractivity contribution is 6.32. The fourth-order valence-corrected chi connectivity index (χ4v) is 0.857. The van der Waals surface area contributed by atoms with Gasteiger partial charge in [0.05, 0.1) is 5.02 Å². The molecule has 0 bridgehead atoms. The molecular weight excluding hydrogens is 188 g/mol. The predicted octanol–water partition coefficient (Wildman–Crippen LogP) is 3.29. The summed E-state index contributed by atoms with van der Waals surface area (Å²) in [5, 5.41) is 0.447. The van der Waals surface area contributed by atoms with Crippen LogP contribution in [0.5, 0.6) is 5.75 Å². The molecule has 1 rings (SSSR count). The van der Waals surface area contributed by atoms with E-state index in [0.29, 0.717) is 10.8 Å². The molecule has 13 heavy (non-hydrogen) atoms. The van der Waals surface area contributed by atoms with Crippen LogP contribution in [-0.2, 0) is 4.79 Å². The van der Waals surface area contributed by atoms with E-state index in [2.05, 4.69) is 0 Å². The fourth-order valence-electron chi connectivity index (χ4n) is 0.682. The van der Waals surface area contributed by atoms with Crippen molar-refractivity contribution in [2.45, 2.75) is 20.8 Å². The largest absolute Gasteiger partial charge is 0.425 e. The molecule has 0 fully saturated rings. The zero-order chi connectivity index (χ0) is 10.3. The molecule has 0 unspecified atom stereocenters. The number of halogens is 1. The molecule has 0 saturated heterocycles. The van der Waals surface area contributed by atoms with Gasteiger partial charge in [0.2, 0.25) is 0 Å². The number of para-hydroxylation sites is 1. The van der Waals surface area contributed by atoms with E-state index >= 15 is 0 Å². The van der Waals surface area contributed by atoms with Crippen LogP contribution in [0.25, 0.3) is 0 Å². The third kappa shape index (κ3) is 4.53. The van der Waals surface area contributed by atoms with Crippen molar-refractivity contribution in [3.05, 3.63) is 29.3 Å². The molecule has 0 saturated carbocycles. The van der Waals surface area contributed by atoms with Crippen molar-refractivity contribution in [1.29, 1.82) is 0 Å². The van der Waals surface area contributed by atoms with Gasteiger partial charge in [0.1, 0.15) is 5.75 Å². The van der Waals surface area contributed by atoms with Gasteiger partial charge >= 0.3 is 5.97 Å². The summed E-state index contributed by atoms with van der Waals surface area (Å²) in [4.78, 5) is 10.5.